The molecule has 0 saturated carbocycles. The Bertz CT molecular complexity index is 527. The number of halogens is 2. The van der Waals surface area contributed by atoms with Crippen molar-refractivity contribution in [3.05, 3.63) is 52.8 Å². The summed E-state index contributed by atoms with van der Waals surface area (Å²) in [5, 5.41) is 3.61. The maximum absolute atomic E-state index is 13.1. The van der Waals surface area contributed by atoms with Gasteiger partial charge in [-0.1, -0.05) is 24.6 Å². The average molecular weight is 282 g/mol. The number of hydrogen-bond donors (Lipinski definition) is 2. The molecule has 3 nitrogen and oxygen atoms in total. The van der Waals surface area contributed by atoms with E-state index >= 15 is 0 Å². The highest BCUT2D eigenvalue weighted by molar-refractivity contribution is 6.30. The second-order valence-electron chi connectivity index (χ2n) is 4.50. The number of H-pyrrole nitrogens is 1. The topological polar surface area (TPSA) is 40.7 Å². The number of aromatic nitrogens is 2. The zero-order valence-corrected chi connectivity index (χ0v) is 11.7. The minimum Gasteiger partial charge on any atom is -0.347 e. The summed E-state index contributed by atoms with van der Waals surface area (Å²) < 4.78 is 13.1. The van der Waals surface area contributed by atoms with Crippen molar-refractivity contribution in [1.29, 1.82) is 0 Å². The van der Waals surface area contributed by atoms with Crippen LogP contribution in [0, 0.1) is 5.82 Å². The van der Waals surface area contributed by atoms with E-state index in [1.54, 1.807) is 24.5 Å². The van der Waals surface area contributed by atoms with Crippen LogP contribution in [0.5, 0.6) is 0 Å². The SMILES string of the molecule is CCC(NC(C)c1ccc(F)c(Cl)c1)c1ncc[nH]1. The summed E-state index contributed by atoms with van der Waals surface area (Å²) in [6, 6.07) is 4.99. The van der Waals surface area contributed by atoms with Gasteiger partial charge >= 0.3 is 0 Å². The molecule has 0 aliphatic rings. The third kappa shape index (κ3) is 3.33. The first-order valence-electron chi connectivity index (χ1n) is 6.32. The van der Waals surface area contributed by atoms with Crippen LogP contribution in [0.25, 0.3) is 0 Å². The highest BCUT2D eigenvalue weighted by atomic mass is 35.5. The predicted octanol–water partition coefficient (Wildman–Crippen LogP) is 4.00. The Morgan fingerprint density at radius 3 is 2.84 bits per heavy atom. The Labute approximate surface area is 117 Å². The Morgan fingerprint density at radius 2 is 2.26 bits per heavy atom. The summed E-state index contributed by atoms with van der Waals surface area (Å²) in [7, 11) is 0. The fourth-order valence-corrected chi connectivity index (χ4v) is 2.23. The van der Waals surface area contributed by atoms with Gasteiger partial charge in [0.25, 0.3) is 0 Å². The Balaban J connectivity index is 2.11. The molecule has 0 saturated heterocycles. The van der Waals surface area contributed by atoms with E-state index in [9.17, 15) is 4.39 Å². The van der Waals surface area contributed by atoms with Crippen molar-refractivity contribution < 1.29 is 4.39 Å². The largest absolute Gasteiger partial charge is 0.347 e. The molecule has 19 heavy (non-hydrogen) atoms. The van der Waals surface area contributed by atoms with E-state index in [1.165, 1.54) is 6.07 Å². The molecule has 102 valence electrons. The summed E-state index contributed by atoms with van der Waals surface area (Å²) in [6.45, 7) is 4.11. The molecule has 0 spiro atoms. The lowest BCUT2D eigenvalue weighted by Crippen LogP contribution is -2.25. The molecule has 1 aromatic heterocycles. The second kappa shape index (κ2) is 6.17. The summed E-state index contributed by atoms with van der Waals surface area (Å²) in [5.41, 5.74) is 0.955. The first kappa shape index (κ1) is 14.0. The molecule has 0 aliphatic heterocycles. The molecule has 2 rings (SSSR count). The van der Waals surface area contributed by atoms with E-state index in [2.05, 4.69) is 22.2 Å². The molecule has 2 atom stereocenters. The van der Waals surface area contributed by atoms with E-state index in [-0.39, 0.29) is 17.1 Å². The van der Waals surface area contributed by atoms with E-state index in [4.69, 9.17) is 11.6 Å². The summed E-state index contributed by atoms with van der Waals surface area (Å²) in [5.74, 6) is 0.512. The zero-order valence-electron chi connectivity index (χ0n) is 11.0. The number of aromatic amines is 1. The first-order chi connectivity index (χ1) is 9.11. The van der Waals surface area contributed by atoms with E-state index in [0.717, 1.165) is 17.8 Å². The molecule has 1 aromatic carbocycles. The molecule has 0 fully saturated rings. The molecule has 0 amide bonds. The lowest BCUT2D eigenvalue weighted by atomic mass is 10.1. The minimum absolute atomic E-state index is 0.0631. The molecule has 5 heteroatoms. The highest BCUT2D eigenvalue weighted by Crippen LogP contribution is 2.23. The third-order valence-corrected chi connectivity index (χ3v) is 3.44. The van der Waals surface area contributed by atoms with Gasteiger partial charge in [-0.15, -0.1) is 0 Å². The van der Waals surface area contributed by atoms with Crippen molar-refractivity contribution in [3.63, 3.8) is 0 Å². The number of hydrogen-bond acceptors (Lipinski definition) is 2. The van der Waals surface area contributed by atoms with Crippen LogP contribution in [0.1, 0.15) is 43.7 Å². The van der Waals surface area contributed by atoms with Crippen molar-refractivity contribution >= 4 is 11.6 Å². The minimum atomic E-state index is -0.393. The number of benzene rings is 1. The average Bonchev–Trinajstić information content (AvgIpc) is 2.92. The normalized spacial score (nSPS) is 14.3. The Morgan fingerprint density at radius 1 is 1.47 bits per heavy atom. The summed E-state index contributed by atoms with van der Waals surface area (Å²) >= 11 is 5.81. The first-order valence-corrected chi connectivity index (χ1v) is 6.70. The van der Waals surface area contributed by atoms with Gasteiger partial charge in [-0.2, -0.15) is 0 Å². The standard InChI is InChI=1S/C14H17ClFN3/c1-3-13(14-17-6-7-18-14)19-9(2)10-4-5-12(16)11(15)8-10/h4-9,13,19H,3H2,1-2H3,(H,17,18). The summed E-state index contributed by atoms with van der Waals surface area (Å²) in [4.78, 5) is 7.37. The molecule has 0 aliphatic carbocycles. The molecule has 1 heterocycles. The van der Waals surface area contributed by atoms with Gasteiger partial charge in [-0.05, 0) is 31.0 Å². The van der Waals surface area contributed by atoms with Gasteiger partial charge in [-0.3, -0.25) is 0 Å². The van der Waals surface area contributed by atoms with Crippen molar-refractivity contribution in [2.45, 2.75) is 32.4 Å². The zero-order chi connectivity index (χ0) is 13.8. The number of imidazole rings is 1. The highest BCUT2D eigenvalue weighted by Gasteiger charge is 2.16. The van der Waals surface area contributed by atoms with E-state index in [1.807, 2.05) is 6.92 Å². The van der Waals surface area contributed by atoms with Crippen LogP contribution < -0.4 is 5.32 Å². The van der Waals surface area contributed by atoms with E-state index < -0.39 is 5.82 Å². The van der Waals surface area contributed by atoms with Gasteiger partial charge in [0.1, 0.15) is 11.6 Å². The number of nitrogens with one attached hydrogen (secondary N) is 2. The van der Waals surface area contributed by atoms with Crippen molar-refractivity contribution in [3.8, 4) is 0 Å². The van der Waals surface area contributed by atoms with Crippen molar-refractivity contribution in [2.24, 2.45) is 0 Å². The van der Waals surface area contributed by atoms with Gasteiger partial charge in [0.05, 0.1) is 11.1 Å². The van der Waals surface area contributed by atoms with Crippen LogP contribution in [0.4, 0.5) is 4.39 Å². The second-order valence-corrected chi connectivity index (χ2v) is 4.90. The van der Waals surface area contributed by atoms with Gasteiger partial charge in [0.15, 0.2) is 0 Å². The maximum atomic E-state index is 13.1. The van der Waals surface area contributed by atoms with Crippen LogP contribution in [-0.4, -0.2) is 9.97 Å². The summed E-state index contributed by atoms with van der Waals surface area (Å²) in [6.07, 6.45) is 4.45. The number of nitrogens with zero attached hydrogens (tertiary/aromatic N) is 1. The smallest absolute Gasteiger partial charge is 0.141 e. The van der Waals surface area contributed by atoms with Gasteiger partial charge in [0.2, 0.25) is 0 Å². The lowest BCUT2D eigenvalue weighted by molar-refractivity contribution is 0.441. The fourth-order valence-electron chi connectivity index (χ4n) is 2.04. The lowest BCUT2D eigenvalue weighted by Gasteiger charge is -2.21. The molecular weight excluding hydrogens is 265 g/mol. The predicted molar refractivity (Wildman–Crippen MR) is 74.6 cm³/mol. The third-order valence-electron chi connectivity index (χ3n) is 3.15. The quantitative estimate of drug-likeness (QED) is 0.869. The molecule has 2 aromatic rings. The van der Waals surface area contributed by atoms with Crippen molar-refractivity contribution in [1.82, 2.24) is 15.3 Å². The molecular formula is C14H17ClFN3. The van der Waals surface area contributed by atoms with Crippen LogP contribution in [-0.2, 0) is 0 Å². The van der Waals surface area contributed by atoms with Crippen LogP contribution in [0.15, 0.2) is 30.6 Å². The molecule has 0 radical (unpaired) electrons. The number of rotatable bonds is 5. The van der Waals surface area contributed by atoms with E-state index in [0.29, 0.717) is 0 Å². The van der Waals surface area contributed by atoms with Crippen molar-refractivity contribution in [2.75, 3.05) is 0 Å². The Hall–Kier alpha value is -1.39. The molecule has 2 N–H and O–H groups in total. The maximum Gasteiger partial charge on any atom is 0.141 e. The van der Waals surface area contributed by atoms with Crippen LogP contribution >= 0.6 is 11.6 Å². The monoisotopic (exact) mass is 281 g/mol. The van der Waals surface area contributed by atoms with Gasteiger partial charge in [-0.25, -0.2) is 9.37 Å². The fraction of sp³-hybridized carbons (Fsp3) is 0.357. The molecule has 0 bridgehead atoms. The van der Waals surface area contributed by atoms with Crippen LogP contribution in [0.3, 0.4) is 0 Å². The van der Waals surface area contributed by atoms with Gasteiger partial charge < -0.3 is 10.3 Å². The van der Waals surface area contributed by atoms with Gasteiger partial charge in [0, 0.05) is 18.4 Å². The van der Waals surface area contributed by atoms with Crippen LogP contribution in [0.2, 0.25) is 5.02 Å². The molecule has 2 unspecified atom stereocenters. The Kier molecular flexibility index (Phi) is 4.56.